The Labute approximate surface area is 160 Å². The van der Waals surface area contributed by atoms with Gasteiger partial charge in [0.05, 0.1) is 0 Å². The van der Waals surface area contributed by atoms with E-state index in [1.165, 1.54) is 18.5 Å². The highest BCUT2D eigenvalue weighted by atomic mass is 35.5. The van der Waals surface area contributed by atoms with E-state index in [0.29, 0.717) is 10.8 Å². The highest BCUT2D eigenvalue weighted by molar-refractivity contribution is 6.30. The van der Waals surface area contributed by atoms with Gasteiger partial charge < -0.3 is 14.5 Å². The minimum atomic E-state index is -0.990. The summed E-state index contributed by atoms with van der Waals surface area (Å²) in [5.41, 5.74) is 1.07. The van der Waals surface area contributed by atoms with E-state index in [1.807, 2.05) is 12.1 Å². The zero-order valence-corrected chi connectivity index (χ0v) is 16.3. The number of amides is 1. The SMILES string of the molecule is CN(C(=O)C(C)(C)Oc1ccc(Cl)cc1)c1ccc(N2CCCC2)cc1. The van der Waals surface area contributed by atoms with Crippen LogP contribution in [-0.4, -0.2) is 31.6 Å². The molecule has 1 heterocycles. The molecule has 0 unspecified atom stereocenters. The molecule has 3 rings (SSSR count). The third kappa shape index (κ3) is 4.13. The molecule has 0 N–H and O–H groups in total. The third-order valence-corrected chi connectivity index (χ3v) is 4.97. The number of likely N-dealkylation sites (N-methyl/N-ethyl adjacent to an activating group) is 1. The summed E-state index contributed by atoms with van der Waals surface area (Å²) in [4.78, 5) is 17.0. The normalized spacial score (nSPS) is 14.4. The number of ether oxygens (including phenoxy) is 1. The van der Waals surface area contributed by atoms with Crippen LogP contribution in [0.1, 0.15) is 26.7 Å². The van der Waals surface area contributed by atoms with Crippen LogP contribution in [0.15, 0.2) is 48.5 Å². The smallest absolute Gasteiger partial charge is 0.270 e. The van der Waals surface area contributed by atoms with Crippen LogP contribution < -0.4 is 14.5 Å². The van der Waals surface area contributed by atoms with E-state index in [2.05, 4.69) is 17.0 Å². The maximum atomic E-state index is 12.9. The second kappa shape index (κ2) is 7.58. The van der Waals surface area contributed by atoms with Gasteiger partial charge in [-0.2, -0.15) is 0 Å². The fourth-order valence-corrected chi connectivity index (χ4v) is 3.35. The highest BCUT2D eigenvalue weighted by Crippen LogP contribution is 2.26. The summed E-state index contributed by atoms with van der Waals surface area (Å²) in [5.74, 6) is 0.506. The molecule has 4 nitrogen and oxygen atoms in total. The van der Waals surface area contributed by atoms with Gasteiger partial charge in [-0.15, -0.1) is 0 Å². The minimum absolute atomic E-state index is 0.110. The van der Waals surface area contributed by atoms with Crippen molar-refractivity contribution in [2.45, 2.75) is 32.3 Å². The first-order chi connectivity index (χ1) is 12.4. The number of benzene rings is 2. The molecule has 0 radical (unpaired) electrons. The summed E-state index contributed by atoms with van der Waals surface area (Å²) >= 11 is 5.90. The minimum Gasteiger partial charge on any atom is -0.478 e. The monoisotopic (exact) mass is 372 g/mol. The van der Waals surface area contributed by atoms with E-state index in [4.69, 9.17) is 16.3 Å². The molecule has 2 aromatic carbocycles. The lowest BCUT2D eigenvalue weighted by Crippen LogP contribution is -2.47. The number of hydrogen-bond acceptors (Lipinski definition) is 3. The van der Waals surface area contributed by atoms with Gasteiger partial charge >= 0.3 is 0 Å². The number of halogens is 1. The van der Waals surface area contributed by atoms with Crippen molar-refractivity contribution >= 4 is 28.9 Å². The molecule has 0 spiro atoms. The molecular formula is C21H25ClN2O2. The number of carbonyl (C=O) groups is 1. The van der Waals surface area contributed by atoms with E-state index in [1.54, 1.807) is 50.1 Å². The molecule has 1 fully saturated rings. The van der Waals surface area contributed by atoms with Crippen LogP contribution in [-0.2, 0) is 4.79 Å². The van der Waals surface area contributed by atoms with Gasteiger partial charge in [0.25, 0.3) is 5.91 Å². The summed E-state index contributed by atoms with van der Waals surface area (Å²) < 4.78 is 5.91. The summed E-state index contributed by atoms with van der Waals surface area (Å²) in [6.07, 6.45) is 2.49. The Bertz CT molecular complexity index is 751. The largest absolute Gasteiger partial charge is 0.478 e. The maximum absolute atomic E-state index is 12.9. The molecule has 5 heteroatoms. The van der Waals surface area contributed by atoms with Crippen LogP contribution in [0, 0.1) is 0 Å². The van der Waals surface area contributed by atoms with Gasteiger partial charge in [0.1, 0.15) is 5.75 Å². The Hall–Kier alpha value is -2.20. The van der Waals surface area contributed by atoms with Crippen LogP contribution >= 0.6 is 11.6 Å². The Balaban J connectivity index is 1.70. The Morgan fingerprint density at radius 3 is 2.19 bits per heavy atom. The Morgan fingerprint density at radius 2 is 1.62 bits per heavy atom. The fourth-order valence-electron chi connectivity index (χ4n) is 3.22. The van der Waals surface area contributed by atoms with Crippen LogP contribution in [0.3, 0.4) is 0 Å². The number of rotatable bonds is 5. The lowest BCUT2D eigenvalue weighted by Gasteiger charge is -2.30. The number of nitrogens with zero attached hydrogens (tertiary/aromatic N) is 2. The molecule has 1 saturated heterocycles. The molecule has 2 aromatic rings. The predicted molar refractivity (Wildman–Crippen MR) is 107 cm³/mol. The maximum Gasteiger partial charge on any atom is 0.270 e. The van der Waals surface area contributed by atoms with Crippen molar-refractivity contribution < 1.29 is 9.53 Å². The van der Waals surface area contributed by atoms with E-state index in [0.717, 1.165) is 18.8 Å². The van der Waals surface area contributed by atoms with Gasteiger partial charge in [0.15, 0.2) is 5.60 Å². The number of carbonyl (C=O) groups excluding carboxylic acids is 1. The Kier molecular flexibility index (Phi) is 5.42. The van der Waals surface area contributed by atoms with Crippen molar-refractivity contribution in [1.82, 2.24) is 0 Å². The van der Waals surface area contributed by atoms with Crippen molar-refractivity contribution in [2.24, 2.45) is 0 Å². The van der Waals surface area contributed by atoms with Gasteiger partial charge in [-0.3, -0.25) is 4.79 Å². The van der Waals surface area contributed by atoms with Gasteiger partial charge in [-0.05, 0) is 75.2 Å². The molecule has 0 saturated carbocycles. The first-order valence-corrected chi connectivity index (χ1v) is 9.32. The molecule has 26 heavy (non-hydrogen) atoms. The molecule has 138 valence electrons. The van der Waals surface area contributed by atoms with E-state index < -0.39 is 5.60 Å². The van der Waals surface area contributed by atoms with Gasteiger partial charge in [-0.25, -0.2) is 0 Å². The topological polar surface area (TPSA) is 32.8 Å². The molecule has 0 aromatic heterocycles. The van der Waals surface area contributed by atoms with Crippen molar-refractivity contribution in [2.75, 3.05) is 29.9 Å². The third-order valence-electron chi connectivity index (χ3n) is 4.71. The first-order valence-electron chi connectivity index (χ1n) is 8.94. The van der Waals surface area contributed by atoms with Gasteiger partial charge in [-0.1, -0.05) is 11.6 Å². The van der Waals surface area contributed by atoms with Gasteiger partial charge in [0, 0.05) is 36.5 Å². The van der Waals surface area contributed by atoms with Crippen molar-refractivity contribution in [3.05, 3.63) is 53.6 Å². The lowest BCUT2D eigenvalue weighted by atomic mass is 10.1. The first kappa shape index (κ1) is 18.6. The van der Waals surface area contributed by atoms with Gasteiger partial charge in [0.2, 0.25) is 0 Å². The summed E-state index contributed by atoms with van der Waals surface area (Å²) in [5, 5.41) is 0.636. The molecule has 1 aliphatic rings. The fraction of sp³-hybridized carbons (Fsp3) is 0.381. The number of anilines is 2. The van der Waals surface area contributed by atoms with Crippen LogP contribution in [0.4, 0.5) is 11.4 Å². The second-order valence-corrected chi connectivity index (χ2v) is 7.58. The molecular weight excluding hydrogens is 348 g/mol. The highest BCUT2D eigenvalue weighted by Gasteiger charge is 2.33. The Morgan fingerprint density at radius 1 is 1.04 bits per heavy atom. The standard InChI is InChI=1S/C21H25ClN2O2/c1-21(2,26-19-12-6-16(22)7-13-19)20(25)23(3)17-8-10-18(11-9-17)24-14-4-5-15-24/h6-13H,4-5,14-15H2,1-3H3. The molecule has 1 aliphatic heterocycles. The van der Waals surface area contributed by atoms with Crippen LogP contribution in [0.25, 0.3) is 0 Å². The zero-order chi connectivity index (χ0) is 18.7. The molecule has 1 amide bonds. The average molecular weight is 373 g/mol. The van der Waals surface area contributed by atoms with Crippen molar-refractivity contribution in [3.8, 4) is 5.75 Å². The van der Waals surface area contributed by atoms with Crippen LogP contribution in [0.5, 0.6) is 5.75 Å². The van der Waals surface area contributed by atoms with Crippen LogP contribution in [0.2, 0.25) is 5.02 Å². The summed E-state index contributed by atoms with van der Waals surface area (Å²) in [6, 6.07) is 15.2. The quantitative estimate of drug-likeness (QED) is 0.758. The molecule has 0 bridgehead atoms. The second-order valence-electron chi connectivity index (χ2n) is 7.14. The van der Waals surface area contributed by atoms with E-state index >= 15 is 0 Å². The summed E-state index contributed by atoms with van der Waals surface area (Å²) in [7, 11) is 1.78. The average Bonchev–Trinajstić information content (AvgIpc) is 3.17. The molecule has 0 atom stereocenters. The molecule has 0 aliphatic carbocycles. The predicted octanol–water partition coefficient (Wildman–Crippen LogP) is 4.76. The van der Waals surface area contributed by atoms with Crippen molar-refractivity contribution in [1.29, 1.82) is 0 Å². The zero-order valence-electron chi connectivity index (χ0n) is 15.5. The van der Waals surface area contributed by atoms with E-state index in [9.17, 15) is 4.79 Å². The van der Waals surface area contributed by atoms with E-state index in [-0.39, 0.29) is 5.91 Å². The number of hydrogen-bond donors (Lipinski definition) is 0. The van der Waals surface area contributed by atoms with Crippen molar-refractivity contribution in [3.63, 3.8) is 0 Å². The summed E-state index contributed by atoms with van der Waals surface area (Å²) in [6.45, 7) is 5.77. The lowest BCUT2D eigenvalue weighted by molar-refractivity contribution is -0.131.